The number of halogens is 3. The van der Waals surface area contributed by atoms with Crippen molar-refractivity contribution in [2.45, 2.75) is 25.9 Å². The van der Waals surface area contributed by atoms with E-state index in [1.807, 2.05) is 0 Å². The maximum Gasteiger partial charge on any atom is 0.404 e. The zero-order chi connectivity index (χ0) is 17.5. The van der Waals surface area contributed by atoms with E-state index in [4.69, 9.17) is 9.05 Å². The molecule has 1 N–H and O–H groups in total. The number of hydrogen-bond donors (Lipinski definition) is 1. The van der Waals surface area contributed by atoms with E-state index >= 15 is 0 Å². The number of alkyl halides is 2. The molecule has 0 spiro atoms. The zero-order valence-corrected chi connectivity index (χ0v) is 15.3. The van der Waals surface area contributed by atoms with Gasteiger partial charge in [-0.1, -0.05) is 28.1 Å². The second-order valence-corrected chi connectivity index (χ2v) is 7.44. The molecule has 1 aromatic carbocycles. The molecule has 0 unspecified atom stereocenters. The topological polar surface area (TPSA) is 64.6 Å². The van der Waals surface area contributed by atoms with Gasteiger partial charge in [-0.3, -0.25) is 9.36 Å². The van der Waals surface area contributed by atoms with Gasteiger partial charge < -0.3 is 14.4 Å². The predicted molar refractivity (Wildman–Crippen MR) is 86.7 cm³/mol. The molecule has 0 aliphatic carbocycles. The molecule has 130 valence electrons. The highest BCUT2D eigenvalue weighted by Crippen LogP contribution is 2.67. The Balaban J connectivity index is 3.11. The molecule has 0 bridgehead atoms. The molecular formula is C14H19BrF2NO4P. The van der Waals surface area contributed by atoms with Crippen LogP contribution in [0.1, 0.15) is 25.0 Å². The first kappa shape index (κ1) is 20.2. The van der Waals surface area contributed by atoms with Gasteiger partial charge in [0.15, 0.2) is 0 Å². The van der Waals surface area contributed by atoms with E-state index in [1.165, 1.54) is 32.0 Å². The quantitative estimate of drug-likeness (QED) is 0.357. The van der Waals surface area contributed by atoms with Gasteiger partial charge in [-0.15, -0.1) is 0 Å². The van der Waals surface area contributed by atoms with E-state index in [1.54, 1.807) is 0 Å². The lowest BCUT2D eigenvalue weighted by atomic mass is 10.1. The number of hydrogen-bond acceptors (Lipinski definition) is 4. The van der Waals surface area contributed by atoms with Crippen molar-refractivity contribution in [3.05, 3.63) is 33.8 Å². The van der Waals surface area contributed by atoms with Gasteiger partial charge in [-0.25, -0.2) is 0 Å². The first-order valence-corrected chi connectivity index (χ1v) is 9.39. The van der Waals surface area contributed by atoms with Crippen molar-refractivity contribution in [1.29, 1.82) is 0 Å². The molecule has 5 nitrogen and oxygen atoms in total. The Bertz CT molecular complexity index is 576. The minimum Gasteiger partial charge on any atom is -0.358 e. The molecular weight excluding hydrogens is 395 g/mol. The van der Waals surface area contributed by atoms with Crippen LogP contribution in [0.25, 0.3) is 0 Å². The zero-order valence-electron chi connectivity index (χ0n) is 12.9. The summed E-state index contributed by atoms with van der Waals surface area (Å²) in [5.41, 5.74) is -3.50. The van der Waals surface area contributed by atoms with Crippen LogP contribution in [0, 0.1) is 0 Å². The van der Waals surface area contributed by atoms with Crippen LogP contribution in [-0.4, -0.2) is 26.2 Å². The van der Waals surface area contributed by atoms with Crippen LogP contribution in [-0.2, 0) is 30.5 Å². The first-order valence-electron chi connectivity index (χ1n) is 7.05. The van der Waals surface area contributed by atoms with Crippen LogP contribution < -0.4 is 5.32 Å². The van der Waals surface area contributed by atoms with Gasteiger partial charge in [0.2, 0.25) is 6.41 Å². The number of amides is 1. The molecule has 0 heterocycles. The third-order valence-corrected chi connectivity index (χ3v) is 5.72. The summed E-state index contributed by atoms with van der Waals surface area (Å²) in [6.07, 6.45) is 1.05. The lowest BCUT2D eigenvalue weighted by Crippen LogP contribution is -2.19. The second kappa shape index (κ2) is 8.87. The van der Waals surface area contributed by atoms with Gasteiger partial charge in [-0.2, -0.15) is 8.78 Å². The molecule has 23 heavy (non-hydrogen) atoms. The summed E-state index contributed by atoms with van der Waals surface area (Å²) < 4.78 is 51.4. The van der Waals surface area contributed by atoms with Crippen LogP contribution in [0.2, 0.25) is 0 Å². The van der Waals surface area contributed by atoms with Crippen molar-refractivity contribution >= 4 is 29.9 Å². The summed E-state index contributed by atoms with van der Waals surface area (Å²) in [5.74, 6) is 0. The van der Waals surface area contributed by atoms with Crippen LogP contribution in [0.4, 0.5) is 8.78 Å². The van der Waals surface area contributed by atoms with E-state index in [2.05, 4.69) is 21.2 Å². The second-order valence-electron chi connectivity index (χ2n) is 4.51. The molecule has 0 saturated heterocycles. The van der Waals surface area contributed by atoms with Gasteiger partial charge >= 0.3 is 13.3 Å². The number of rotatable bonds is 10. The van der Waals surface area contributed by atoms with E-state index in [9.17, 15) is 18.1 Å². The fraction of sp³-hybridized carbons (Fsp3) is 0.500. The monoisotopic (exact) mass is 413 g/mol. The predicted octanol–water partition coefficient (Wildman–Crippen LogP) is 4.05. The molecule has 0 atom stereocenters. The standard InChI is InChI=1S/C14H19BrF2NO4P/c1-3-21-23(20,22-4-2)14(16,17)12-6-5-11(9-13(12)15)7-8-18-10-19/h5-6,9-10H,3-4,7-8H2,1-2H3,(H,18,19). The Labute approximate surface area is 142 Å². The summed E-state index contributed by atoms with van der Waals surface area (Å²) in [6.45, 7) is 3.03. The number of carbonyl (C=O) groups excluding carboxylic acids is 1. The van der Waals surface area contributed by atoms with Crippen LogP contribution >= 0.6 is 23.5 Å². The van der Waals surface area contributed by atoms with E-state index in [0.29, 0.717) is 19.4 Å². The minimum atomic E-state index is -4.63. The Hall–Kier alpha value is -0.820. The Morgan fingerprint density at radius 1 is 1.30 bits per heavy atom. The molecule has 0 fully saturated rings. The molecule has 0 aromatic heterocycles. The van der Waals surface area contributed by atoms with Crippen LogP contribution in [0.5, 0.6) is 0 Å². The highest BCUT2D eigenvalue weighted by atomic mass is 79.9. The average molecular weight is 414 g/mol. The van der Waals surface area contributed by atoms with Crippen LogP contribution in [0.15, 0.2) is 22.7 Å². The van der Waals surface area contributed by atoms with Gasteiger partial charge in [0.25, 0.3) is 0 Å². The molecule has 0 aliphatic heterocycles. The molecule has 0 saturated carbocycles. The first-order chi connectivity index (χ1) is 10.8. The Morgan fingerprint density at radius 2 is 1.91 bits per heavy atom. The van der Waals surface area contributed by atoms with Gasteiger partial charge in [0.05, 0.1) is 13.2 Å². The molecule has 1 aromatic rings. The molecule has 1 amide bonds. The van der Waals surface area contributed by atoms with E-state index < -0.39 is 18.8 Å². The van der Waals surface area contributed by atoms with Gasteiger partial charge in [0.1, 0.15) is 0 Å². The Morgan fingerprint density at radius 3 is 2.39 bits per heavy atom. The van der Waals surface area contributed by atoms with E-state index in [0.717, 1.165) is 5.56 Å². The minimum absolute atomic E-state index is 0.103. The third kappa shape index (κ3) is 4.83. The van der Waals surface area contributed by atoms with Crippen molar-refractivity contribution in [2.75, 3.05) is 19.8 Å². The molecule has 1 rings (SSSR count). The highest BCUT2D eigenvalue weighted by Gasteiger charge is 2.55. The third-order valence-electron chi connectivity index (χ3n) is 2.94. The van der Waals surface area contributed by atoms with Crippen molar-refractivity contribution in [3.8, 4) is 0 Å². The molecule has 0 radical (unpaired) electrons. The normalized spacial score (nSPS) is 12.2. The molecule has 0 aliphatic rings. The fourth-order valence-corrected chi connectivity index (χ4v) is 4.32. The fourth-order valence-electron chi connectivity index (χ4n) is 1.92. The van der Waals surface area contributed by atoms with Crippen molar-refractivity contribution in [1.82, 2.24) is 5.32 Å². The Kier molecular flexibility index (Phi) is 7.80. The average Bonchev–Trinajstić information content (AvgIpc) is 2.47. The maximum absolute atomic E-state index is 14.7. The summed E-state index contributed by atoms with van der Waals surface area (Å²) in [7, 11) is -4.63. The van der Waals surface area contributed by atoms with Crippen molar-refractivity contribution < 1.29 is 27.2 Å². The van der Waals surface area contributed by atoms with Crippen molar-refractivity contribution in [2.24, 2.45) is 0 Å². The largest absolute Gasteiger partial charge is 0.404 e. The molecule has 9 heteroatoms. The summed E-state index contributed by atoms with van der Waals surface area (Å²) in [5, 5.41) is 2.49. The lowest BCUT2D eigenvalue weighted by Gasteiger charge is -2.26. The number of nitrogens with one attached hydrogen (secondary N) is 1. The summed E-state index contributed by atoms with van der Waals surface area (Å²) >= 11 is 3.08. The van der Waals surface area contributed by atoms with E-state index in [-0.39, 0.29) is 17.7 Å². The SMILES string of the molecule is CCOP(=O)(OCC)C(F)(F)c1ccc(CCNC=O)cc1Br. The maximum atomic E-state index is 14.7. The lowest BCUT2D eigenvalue weighted by molar-refractivity contribution is -0.109. The summed E-state index contributed by atoms with van der Waals surface area (Å²) in [4.78, 5) is 10.2. The van der Waals surface area contributed by atoms with Crippen molar-refractivity contribution in [3.63, 3.8) is 0 Å². The number of carbonyl (C=O) groups is 1. The highest BCUT2D eigenvalue weighted by molar-refractivity contribution is 9.10. The van der Waals surface area contributed by atoms with Crippen LogP contribution in [0.3, 0.4) is 0 Å². The van der Waals surface area contributed by atoms with Gasteiger partial charge in [0, 0.05) is 16.6 Å². The summed E-state index contributed by atoms with van der Waals surface area (Å²) in [6, 6.07) is 4.17. The smallest absolute Gasteiger partial charge is 0.358 e. The van der Waals surface area contributed by atoms with Gasteiger partial charge in [-0.05, 0) is 31.9 Å². The number of benzene rings is 1.